The largest absolute Gasteiger partial charge is 0.364 e. The first-order chi connectivity index (χ1) is 9.24. The molecular formula is C14H13ClN4. The van der Waals surface area contributed by atoms with Gasteiger partial charge < -0.3 is 5.32 Å². The molecule has 0 fully saturated rings. The molecule has 96 valence electrons. The number of nitrogens with one attached hydrogen (secondary N) is 1. The quantitative estimate of drug-likeness (QED) is 0.795. The van der Waals surface area contributed by atoms with Crippen LogP contribution < -0.4 is 5.32 Å². The van der Waals surface area contributed by atoms with E-state index in [4.69, 9.17) is 11.6 Å². The summed E-state index contributed by atoms with van der Waals surface area (Å²) < 4.78 is 1.75. The van der Waals surface area contributed by atoms with E-state index in [0.717, 1.165) is 16.9 Å². The Morgan fingerprint density at radius 3 is 2.79 bits per heavy atom. The molecule has 3 aromatic rings. The normalized spacial score (nSPS) is 10.8. The number of hydrogen-bond donors (Lipinski definition) is 1. The Labute approximate surface area is 116 Å². The second-order valence-corrected chi connectivity index (χ2v) is 4.70. The van der Waals surface area contributed by atoms with Crippen LogP contribution in [0, 0.1) is 6.92 Å². The van der Waals surface area contributed by atoms with E-state index >= 15 is 0 Å². The first-order valence-corrected chi connectivity index (χ1v) is 6.41. The molecule has 2 heterocycles. The van der Waals surface area contributed by atoms with Gasteiger partial charge in [0, 0.05) is 12.7 Å². The fraction of sp³-hybridized carbons (Fsp3) is 0.143. The summed E-state index contributed by atoms with van der Waals surface area (Å²) in [6.45, 7) is 2.73. The van der Waals surface area contributed by atoms with E-state index in [1.807, 2.05) is 37.4 Å². The fourth-order valence-electron chi connectivity index (χ4n) is 2.06. The van der Waals surface area contributed by atoms with E-state index in [2.05, 4.69) is 27.5 Å². The molecule has 0 aliphatic carbocycles. The Morgan fingerprint density at radius 2 is 2.00 bits per heavy atom. The molecule has 0 saturated heterocycles. The highest BCUT2D eigenvalue weighted by Gasteiger charge is 2.09. The number of fused-ring (bicyclic) bond motifs is 1. The average molecular weight is 273 g/mol. The number of aromatic nitrogens is 3. The van der Waals surface area contributed by atoms with Gasteiger partial charge in [-0.05, 0) is 35.7 Å². The van der Waals surface area contributed by atoms with Crippen molar-refractivity contribution in [1.82, 2.24) is 14.6 Å². The fourth-order valence-corrected chi connectivity index (χ4v) is 2.22. The van der Waals surface area contributed by atoms with Gasteiger partial charge in [-0.2, -0.15) is 4.98 Å². The highest BCUT2D eigenvalue weighted by molar-refractivity contribution is 6.28. The number of halogens is 1. The van der Waals surface area contributed by atoms with Crippen molar-refractivity contribution in [3.8, 4) is 0 Å². The average Bonchev–Trinajstić information content (AvgIpc) is 2.79. The molecule has 0 aliphatic heterocycles. The van der Waals surface area contributed by atoms with Gasteiger partial charge in [0.2, 0.25) is 5.28 Å². The summed E-state index contributed by atoms with van der Waals surface area (Å²) in [5.74, 6) is 0.756. The number of nitrogens with zero attached hydrogens (tertiary/aromatic N) is 3. The standard InChI is InChI=1S/C14H13ClN4/c1-10-7-8-19-12(10)13(17-14(15)18-19)16-9-11-5-3-2-4-6-11/h2-8H,9H2,1H3,(H,16,17,18). The topological polar surface area (TPSA) is 42.2 Å². The summed E-state index contributed by atoms with van der Waals surface area (Å²) in [6, 6.07) is 12.2. The van der Waals surface area contributed by atoms with E-state index in [1.54, 1.807) is 4.52 Å². The first-order valence-electron chi connectivity index (χ1n) is 6.03. The lowest BCUT2D eigenvalue weighted by molar-refractivity contribution is 0.899. The van der Waals surface area contributed by atoms with Crippen molar-refractivity contribution in [2.75, 3.05) is 5.32 Å². The molecule has 5 heteroatoms. The smallest absolute Gasteiger partial charge is 0.243 e. The summed E-state index contributed by atoms with van der Waals surface area (Å²) in [7, 11) is 0. The number of benzene rings is 1. The van der Waals surface area contributed by atoms with Crippen molar-refractivity contribution in [3.05, 3.63) is 59.0 Å². The minimum absolute atomic E-state index is 0.235. The highest BCUT2D eigenvalue weighted by atomic mass is 35.5. The zero-order valence-corrected chi connectivity index (χ0v) is 11.2. The molecule has 2 aromatic heterocycles. The number of hydrogen-bond acceptors (Lipinski definition) is 3. The number of aryl methyl sites for hydroxylation is 1. The molecule has 1 aromatic carbocycles. The van der Waals surface area contributed by atoms with Crippen molar-refractivity contribution in [3.63, 3.8) is 0 Å². The van der Waals surface area contributed by atoms with Gasteiger partial charge in [-0.1, -0.05) is 30.3 Å². The van der Waals surface area contributed by atoms with Crippen molar-refractivity contribution in [2.24, 2.45) is 0 Å². The Balaban J connectivity index is 1.94. The predicted molar refractivity (Wildman–Crippen MR) is 76.5 cm³/mol. The van der Waals surface area contributed by atoms with Crippen LogP contribution in [0.4, 0.5) is 5.82 Å². The van der Waals surface area contributed by atoms with Crippen LogP contribution in [-0.4, -0.2) is 14.6 Å². The van der Waals surface area contributed by atoms with Crippen LogP contribution >= 0.6 is 11.6 Å². The summed E-state index contributed by atoms with van der Waals surface area (Å²) in [4.78, 5) is 4.27. The van der Waals surface area contributed by atoms with Crippen LogP contribution in [0.25, 0.3) is 5.52 Å². The van der Waals surface area contributed by atoms with Crippen LogP contribution in [0.2, 0.25) is 5.28 Å². The molecule has 0 unspecified atom stereocenters. The van der Waals surface area contributed by atoms with Gasteiger partial charge in [-0.3, -0.25) is 0 Å². The van der Waals surface area contributed by atoms with E-state index in [0.29, 0.717) is 6.54 Å². The summed E-state index contributed by atoms with van der Waals surface area (Å²) in [5.41, 5.74) is 3.27. The molecule has 0 saturated carbocycles. The van der Waals surface area contributed by atoms with Gasteiger partial charge in [-0.15, -0.1) is 5.10 Å². The first kappa shape index (κ1) is 12.0. The van der Waals surface area contributed by atoms with Gasteiger partial charge in [-0.25, -0.2) is 4.52 Å². The van der Waals surface area contributed by atoms with E-state index in [-0.39, 0.29) is 5.28 Å². The van der Waals surface area contributed by atoms with Gasteiger partial charge in [0.15, 0.2) is 5.82 Å². The lowest BCUT2D eigenvalue weighted by Crippen LogP contribution is -2.05. The third kappa shape index (κ3) is 2.39. The molecule has 1 N–H and O–H groups in total. The van der Waals surface area contributed by atoms with Crippen LogP contribution in [0.3, 0.4) is 0 Å². The Hall–Kier alpha value is -2.07. The Morgan fingerprint density at radius 1 is 1.21 bits per heavy atom. The maximum Gasteiger partial charge on any atom is 0.243 e. The number of anilines is 1. The SMILES string of the molecule is Cc1ccn2nc(Cl)nc(NCc3ccccc3)c12. The lowest BCUT2D eigenvalue weighted by atomic mass is 10.2. The van der Waals surface area contributed by atoms with Crippen LogP contribution in [0.15, 0.2) is 42.6 Å². The predicted octanol–water partition coefficient (Wildman–Crippen LogP) is 3.30. The monoisotopic (exact) mass is 272 g/mol. The minimum Gasteiger partial charge on any atom is -0.364 e. The third-order valence-corrected chi connectivity index (χ3v) is 3.15. The van der Waals surface area contributed by atoms with E-state index < -0.39 is 0 Å². The number of rotatable bonds is 3. The molecular weight excluding hydrogens is 260 g/mol. The molecule has 4 nitrogen and oxygen atoms in total. The lowest BCUT2D eigenvalue weighted by Gasteiger charge is -2.08. The Kier molecular flexibility index (Phi) is 3.09. The van der Waals surface area contributed by atoms with Crippen molar-refractivity contribution in [2.45, 2.75) is 13.5 Å². The van der Waals surface area contributed by atoms with Gasteiger partial charge in [0.1, 0.15) is 5.52 Å². The zero-order chi connectivity index (χ0) is 13.2. The molecule has 0 radical (unpaired) electrons. The van der Waals surface area contributed by atoms with Gasteiger partial charge >= 0.3 is 0 Å². The van der Waals surface area contributed by atoms with Crippen molar-refractivity contribution < 1.29 is 0 Å². The maximum atomic E-state index is 5.93. The molecule has 19 heavy (non-hydrogen) atoms. The molecule has 0 atom stereocenters. The molecule has 0 aliphatic rings. The van der Waals surface area contributed by atoms with E-state index in [1.165, 1.54) is 5.56 Å². The third-order valence-electron chi connectivity index (χ3n) is 2.99. The van der Waals surface area contributed by atoms with Gasteiger partial charge in [0.25, 0.3) is 0 Å². The molecule has 0 amide bonds. The maximum absolute atomic E-state index is 5.93. The summed E-state index contributed by atoms with van der Waals surface area (Å²) in [6.07, 6.45) is 1.88. The molecule has 0 bridgehead atoms. The Bertz CT molecular complexity index is 706. The second-order valence-electron chi connectivity index (χ2n) is 4.36. The van der Waals surface area contributed by atoms with Crippen LogP contribution in [-0.2, 0) is 6.54 Å². The molecule has 0 spiro atoms. The van der Waals surface area contributed by atoms with Crippen LogP contribution in [0.5, 0.6) is 0 Å². The second kappa shape index (κ2) is 4.90. The van der Waals surface area contributed by atoms with Crippen molar-refractivity contribution in [1.29, 1.82) is 0 Å². The van der Waals surface area contributed by atoms with Crippen LogP contribution in [0.1, 0.15) is 11.1 Å². The van der Waals surface area contributed by atoms with E-state index in [9.17, 15) is 0 Å². The summed E-state index contributed by atoms with van der Waals surface area (Å²) >= 11 is 5.93. The summed E-state index contributed by atoms with van der Waals surface area (Å²) in [5, 5.41) is 7.69. The van der Waals surface area contributed by atoms with Gasteiger partial charge in [0.05, 0.1) is 0 Å². The zero-order valence-electron chi connectivity index (χ0n) is 10.5. The van der Waals surface area contributed by atoms with Crippen molar-refractivity contribution >= 4 is 22.9 Å². The molecule has 3 rings (SSSR count). The minimum atomic E-state index is 0.235. The highest BCUT2D eigenvalue weighted by Crippen LogP contribution is 2.21.